The minimum Gasteiger partial charge on any atom is -0.394 e. The van der Waals surface area contributed by atoms with Crippen LogP contribution >= 0.6 is 7.82 Å². The quantitative estimate of drug-likeness (QED) is 0.0603. The van der Waals surface area contributed by atoms with Crippen LogP contribution in [0.5, 0.6) is 0 Å². The maximum atomic E-state index is 14.4. The summed E-state index contributed by atoms with van der Waals surface area (Å²) in [7, 11) is -5.05. The van der Waals surface area contributed by atoms with E-state index in [1.807, 2.05) is 87.4 Å². The largest absolute Gasteiger partial charge is 0.472 e. The molecule has 8 rings (SSSR count). The maximum Gasteiger partial charge on any atom is 0.472 e. The molecule has 7 heterocycles. The number of phosphoric acid groups is 1. The van der Waals surface area contributed by atoms with E-state index in [-0.39, 0.29) is 70.3 Å². The number of allylic oxidation sites excluding steroid dienone is 6. The van der Waals surface area contributed by atoms with Gasteiger partial charge in [-0.15, -0.1) is 0 Å². The van der Waals surface area contributed by atoms with Crippen molar-refractivity contribution in [2.24, 2.45) is 89.0 Å². The Morgan fingerprint density at radius 3 is 2.08 bits per heavy atom. The van der Waals surface area contributed by atoms with Gasteiger partial charge in [0, 0.05) is 125 Å². The molecule has 0 radical (unpaired) electrons. The van der Waals surface area contributed by atoms with Crippen molar-refractivity contribution >= 4 is 71.4 Å². The zero-order chi connectivity index (χ0) is 65.1. The lowest BCUT2D eigenvalue weighted by molar-refractivity contribution is -0.124. The molecular weight excluding hydrogens is 1150 g/mol. The lowest BCUT2D eigenvalue weighted by atomic mass is 9.55. The average molecular weight is 1240 g/mol. The third-order valence-corrected chi connectivity index (χ3v) is 21.6. The molecule has 88 heavy (non-hydrogen) atoms. The zero-order valence-electron chi connectivity index (χ0n) is 52.8. The molecule has 15 unspecified atom stereocenters. The standard InChI is InChI=1S/C62H91N12O13P/c1-13-14-35-39-24-43-58(7,8)36(15-17-44(63)76)50(71-43)33(5)54-59(9,20-19-49(81)68-27-32(4)86-88(83,84)87-53-42(28-75)85-57(52(53)82)74-29-69-40-21-30(2)31(3)22-41(40)74)38(23-46(65)78)56(72-54)62(12)61(11,26-48(67)80)37(16-18-45(64)77)51(73-62)34(6)55(70-39)60(35,10)25-47(66)79/h21-22,24,29,32,35-38,42,52-53,56-57,70,75,82H,13-20,23,25-28H2,1-12H3,(H2,63,76)(H2,64,77)(H2,65,78)(H2,66,79)(H2,67,80)(H,68,81)(H,83,84). The number of hydrogen-bond acceptors (Lipinski definition) is 17. The Morgan fingerprint density at radius 1 is 0.841 bits per heavy atom. The van der Waals surface area contributed by atoms with Crippen molar-refractivity contribution in [1.82, 2.24) is 20.2 Å². The number of rotatable bonds is 25. The van der Waals surface area contributed by atoms with Crippen molar-refractivity contribution in [3.05, 3.63) is 63.9 Å². The Balaban J connectivity index is 1.18. The predicted octanol–water partition coefficient (Wildman–Crippen LogP) is 4.70. The van der Waals surface area contributed by atoms with Crippen LogP contribution in [0.3, 0.4) is 0 Å². The van der Waals surface area contributed by atoms with Gasteiger partial charge in [0.1, 0.15) is 18.3 Å². The minimum atomic E-state index is -5.05. The van der Waals surface area contributed by atoms with E-state index in [4.69, 9.17) is 57.4 Å². The van der Waals surface area contributed by atoms with Crippen LogP contribution in [0, 0.1) is 59.2 Å². The van der Waals surface area contributed by atoms with Crippen molar-refractivity contribution in [2.75, 3.05) is 13.2 Å². The van der Waals surface area contributed by atoms with E-state index in [1.54, 1.807) is 4.57 Å². The number of carbonyl (C=O) groups is 6. The van der Waals surface area contributed by atoms with Crippen molar-refractivity contribution in [3.8, 4) is 0 Å². The Hall–Kier alpha value is -6.47. The van der Waals surface area contributed by atoms with Gasteiger partial charge in [0.05, 0.1) is 41.7 Å². The average Bonchev–Trinajstić information content (AvgIpc) is 1.53. The molecule has 2 fully saturated rings. The first kappa shape index (κ1) is 67.5. The van der Waals surface area contributed by atoms with Crippen LogP contribution in [-0.4, -0.2) is 126 Å². The van der Waals surface area contributed by atoms with Gasteiger partial charge >= 0.3 is 7.82 Å². The van der Waals surface area contributed by atoms with Crippen LogP contribution in [0.15, 0.2) is 67.8 Å². The number of aryl methyl sites for hydroxylation is 2. The molecule has 25 nitrogen and oxygen atoms in total. The monoisotopic (exact) mass is 1240 g/mol. The summed E-state index contributed by atoms with van der Waals surface area (Å²) < 4.78 is 32.3. The van der Waals surface area contributed by atoms with Gasteiger partial charge in [-0.3, -0.25) is 52.8 Å². The Morgan fingerprint density at radius 2 is 1.48 bits per heavy atom. The number of phosphoric ester groups is 1. The van der Waals surface area contributed by atoms with Gasteiger partial charge in [-0.05, 0) is 108 Å². The first-order valence-corrected chi connectivity index (χ1v) is 31.9. The number of ether oxygens (including phenoxy) is 1. The number of nitrogens with one attached hydrogen (secondary N) is 2. The van der Waals surface area contributed by atoms with E-state index >= 15 is 0 Å². The third-order valence-electron chi connectivity index (χ3n) is 20.5. The van der Waals surface area contributed by atoms with Crippen molar-refractivity contribution in [1.29, 1.82) is 0 Å². The molecule has 15 N–H and O–H groups in total. The van der Waals surface area contributed by atoms with E-state index in [1.165, 1.54) is 13.3 Å². The second-order valence-electron chi connectivity index (χ2n) is 26.9. The molecule has 0 spiro atoms. The summed E-state index contributed by atoms with van der Waals surface area (Å²) in [4.78, 5) is 113. The molecule has 15 atom stereocenters. The maximum absolute atomic E-state index is 14.4. The highest BCUT2D eigenvalue weighted by Gasteiger charge is 2.66. The molecular formula is C62H91N12O13P. The van der Waals surface area contributed by atoms with Crippen LogP contribution in [-0.2, 0) is 47.1 Å². The fourth-order valence-electron chi connectivity index (χ4n) is 15.4. The molecule has 2 aromatic rings. The molecule has 6 amide bonds. The molecule has 0 saturated carbocycles. The summed E-state index contributed by atoms with van der Waals surface area (Å²) in [6, 6.07) is 2.77. The SMILES string of the molecule is CCCC1C2=CC3=NC(=C(C)C4=NC(C(CC(N)=O)C4(C)CCC(=O)NCC(C)OP(=O)(O)OC4C(CO)OC(n5cnc6cc(C)c(C)cc65)C4O)C4(C)N=C(C(C)=C(N2)C1(C)CC(N)=O)C(CCC(N)=O)C4(C)CC(N)=O)C(CCC(N)=O)C3(C)C. The van der Waals surface area contributed by atoms with Gasteiger partial charge in [-0.1, -0.05) is 48.0 Å². The predicted molar refractivity (Wildman–Crippen MR) is 330 cm³/mol. The molecule has 8 bridgehead atoms. The molecule has 6 aliphatic rings. The van der Waals surface area contributed by atoms with E-state index in [0.717, 1.165) is 23.2 Å². The van der Waals surface area contributed by atoms with Gasteiger partial charge in [-0.2, -0.15) is 0 Å². The van der Waals surface area contributed by atoms with Crippen LogP contribution in [0.1, 0.15) is 157 Å². The highest BCUT2D eigenvalue weighted by Crippen LogP contribution is 2.63. The number of primary amides is 5. The van der Waals surface area contributed by atoms with Crippen LogP contribution in [0.2, 0.25) is 0 Å². The van der Waals surface area contributed by atoms with Crippen molar-refractivity contribution in [2.45, 2.75) is 196 Å². The number of benzene rings is 1. The number of imidazole rings is 1. The summed E-state index contributed by atoms with van der Waals surface area (Å²) in [6.45, 7) is 21.9. The van der Waals surface area contributed by atoms with Gasteiger partial charge in [-0.25, -0.2) is 9.55 Å². The van der Waals surface area contributed by atoms with Crippen molar-refractivity contribution < 1.29 is 62.2 Å². The van der Waals surface area contributed by atoms with E-state index in [9.17, 15) is 48.4 Å². The summed E-state index contributed by atoms with van der Waals surface area (Å²) in [5.74, 6) is -5.78. The molecule has 1 aromatic carbocycles. The first-order valence-electron chi connectivity index (χ1n) is 30.4. The van der Waals surface area contributed by atoms with Gasteiger partial charge in [0.15, 0.2) is 6.23 Å². The highest BCUT2D eigenvalue weighted by molar-refractivity contribution is 7.47. The van der Waals surface area contributed by atoms with Crippen molar-refractivity contribution in [3.63, 3.8) is 0 Å². The Kier molecular flexibility index (Phi) is 19.2. The number of hydrogen-bond donors (Lipinski definition) is 10. The minimum absolute atomic E-state index is 0.0122. The number of carbonyl (C=O) groups excluding carboxylic acids is 6. The second kappa shape index (κ2) is 25.1. The van der Waals surface area contributed by atoms with E-state index < -0.39 is 132 Å². The molecule has 482 valence electrons. The summed E-state index contributed by atoms with van der Waals surface area (Å²) in [5, 5.41) is 28.3. The normalized spacial score (nSPS) is 32.6. The first-order chi connectivity index (χ1) is 41.0. The lowest BCUT2D eigenvalue weighted by Gasteiger charge is -2.48. The second-order valence-corrected chi connectivity index (χ2v) is 28.2. The number of aromatic nitrogens is 2. The van der Waals surface area contributed by atoms with Crippen LogP contribution in [0.4, 0.5) is 0 Å². The number of nitrogens with two attached hydrogens (primary N) is 5. The summed E-state index contributed by atoms with van der Waals surface area (Å²) in [6.07, 6.45) is -2.22. The summed E-state index contributed by atoms with van der Waals surface area (Å²) in [5.41, 5.74) is 33.0. The fourth-order valence-corrected chi connectivity index (χ4v) is 16.6. The zero-order valence-corrected chi connectivity index (χ0v) is 53.7. The smallest absolute Gasteiger partial charge is 0.394 e. The summed E-state index contributed by atoms with van der Waals surface area (Å²) >= 11 is 0. The Labute approximate surface area is 513 Å². The molecule has 26 heteroatoms. The van der Waals surface area contributed by atoms with Crippen LogP contribution < -0.4 is 39.3 Å². The van der Waals surface area contributed by atoms with E-state index in [0.29, 0.717) is 57.1 Å². The number of aliphatic hydroxyl groups is 2. The van der Waals surface area contributed by atoms with Gasteiger partial charge in [0.25, 0.3) is 0 Å². The lowest BCUT2D eigenvalue weighted by Crippen LogP contribution is -2.56. The number of fused-ring (bicyclic) bond motifs is 7. The number of aliphatic imine (C=N–C) groups is 3. The number of nitrogens with zero attached hydrogens (tertiary/aromatic N) is 5. The topological polar surface area (TPSA) is 417 Å². The van der Waals surface area contributed by atoms with E-state index in [2.05, 4.69) is 22.5 Å². The molecule has 1 aromatic heterocycles. The Bertz CT molecular complexity index is 3420. The highest BCUT2D eigenvalue weighted by atomic mass is 31.2. The van der Waals surface area contributed by atoms with Gasteiger partial charge < -0.3 is 63.7 Å². The molecule has 0 aliphatic carbocycles. The fraction of sp³-hybridized carbons (Fsp3) is 0.645. The third kappa shape index (κ3) is 12.4. The number of aliphatic hydroxyl groups excluding tert-OH is 2. The number of amides is 6. The molecule has 2 saturated heterocycles. The van der Waals surface area contributed by atoms with Gasteiger partial charge in [0.2, 0.25) is 35.4 Å². The molecule has 6 aliphatic heterocycles. The van der Waals surface area contributed by atoms with Crippen LogP contribution in [0.25, 0.3) is 11.0 Å².